The average molecular weight is 284 g/mol. The molecule has 2 N–H and O–H groups in total. The Hall–Kier alpha value is -1.34. The molecule has 3 amide bonds. The zero-order valence-corrected chi connectivity index (χ0v) is 12.2. The van der Waals surface area contributed by atoms with Crippen molar-refractivity contribution in [2.75, 3.05) is 46.4 Å². The van der Waals surface area contributed by atoms with E-state index in [9.17, 15) is 9.59 Å². The van der Waals surface area contributed by atoms with Crippen molar-refractivity contribution in [2.24, 2.45) is 0 Å². The molecular formula is C13H24N4O3. The monoisotopic (exact) mass is 284 g/mol. The fourth-order valence-corrected chi connectivity index (χ4v) is 2.68. The van der Waals surface area contributed by atoms with Crippen molar-refractivity contribution >= 4 is 11.9 Å². The Morgan fingerprint density at radius 3 is 2.45 bits per heavy atom. The van der Waals surface area contributed by atoms with E-state index in [-0.39, 0.29) is 24.1 Å². The number of carbonyl (C=O) groups is 2. The summed E-state index contributed by atoms with van der Waals surface area (Å²) in [6, 6.07) is -0.186. The minimum atomic E-state index is -0.143. The van der Waals surface area contributed by atoms with Gasteiger partial charge in [-0.05, 0) is 13.3 Å². The third kappa shape index (κ3) is 3.40. The van der Waals surface area contributed by atoms with E-state index in [4.69, 9.17) is 4.74 Å². The number of nitrogens with zero attached hydrogens (tertiary/aromatic N) is 2. The van der Waals surface area contributed by atoms with Crippen LogP contribution in [0.3, 0.4) is 0 Å². The second-order valence-electron chi connectivity index (χ2n) is 5.20. The molecule has 2 saturated heterocycles. The first-order valence-corrected chi connectivity index (χ1v) is 7.23. The van der Waals surface area contributed by atoms with Crippen LogP contribution in [-0.2, 0) is 9.53 Å². The van der Waals surface area contributed by atoms with Crippen LogP contribution < -0.4 is 10.6 Å². The second-order valence-corrected chi connectivity index (χ2v) is 5.20. The highest BCUT2D eigenvalue weighted by Gasteiger charge is 2.33. The molecule has 0 saturated carbocycles. The van der Waals surface area contributed by atoms with E-state index in [1.54, 1.807) is 12.0 Å². The topological polar surface area (TPSA) is 73.9 Å². The van der Waals surface area contributed by atoms with Crippen molar-refractivity contribution in [1.82, 2.24) is 20.4 Å². The molecule has 2 heterocycles. The summed E-state index contributed by atoms with van der Waals surface area (Å²) in [6.45, 7) is 5.65. The van der Waals surface area contributed by atoms with Gasteiger partial charge in [-0.2, -0.15) is 0 Å². The van der Waals surface area contributed by atoms with Crippen LogP contribution >= 0.6 is 0 Å². The Kier molecular flexibility index (Phi) is 5.19. The van der Waals surface area contributed by atoms with Gasteiger partial charge in [-0.1, -0.05) is 0 Å². The largest absolute Gasteiger partial charge is 0.380 e. The fourth-order valence-electron chi connectivity index (χ4n) is 2.68. The fraction of sp³-hybridized carbons (Fsp3) is 0.846. The van der Waals surface area contributed by atoms with E-state index >= 15 is 0 Å². The summed E-state index contributed by atoms with van der Waals surface area (Å²) in [7, 11) is 1.67. The minimum Gasteiger partial charge on any atom is -0.380 e. The molecule has 2 fully saturated rings. The normalized spacial score (nSPS) is 26.7. The molecule has 114 valence electrons. The van der Waals surface area contributed by atoms with Crippen LogP contribution in [0.5, 0.6) is 0 Å². The third-order valence-electron chi connectivity index (χ3n) is 3.93. The molecule has 2 rings (SSSR count). The molecule has 0 radical (unpaired) electrons. The summed E-state index contributed by atoms with van der Waals surface area (Å²) >= 11 is 0. The Bertz CT molecular complexity index is 356. The maximum Gasteiger partial charge on any atom is 0.317 e. The number of urea groups is 1. The number of methoxy groups -OCH3 is 1. The van der Waals surface area contributed by atoms with Gasteiger partial charge in [0.25, 0.3) is 0 Å². The zero-order chi connectivity index (χ0) is 14.5. The van der Waals surface area contributed by atoms with Gasteiger partial charge in [0.15, 0.2) is 0 Å². The first-order chi connectivity index (χ1) is 9.65. The number of ether oxygens (including phenoxy) is 1. The molecule has 2 unspecified atom stereocenters. The Labute approximate surface area is 119 Å². The molecule has 2 aliphatic heterocycles. The van der Waals surface area contributed by atoms with Gasteiger partial charge in [0.2, 0.25) is 5.91 Å². The van der Waals surface area contributed by atoms with Gasteiger partial charge in [0.05, 0.1) is 12.1 Å². The molecule has 2 atom stereocenters. The molecule has 7 nitrogen and oxygen atoms in total. The third-order valence-corrected chi connectivity index (χ3v) is 3.93. The van der Waals surface area contributed by atoms with E-state index in [1.807, 2.05) is 11.8 Å². The van der Waals surface area contributed by atoms with Gasteiger partial charge in [-0.3, -0.25) is 4.79 Å². The summed E-state index contributed by atoms with van der Waals surface area (Å²) in [6.07, 6.45) is 0.854. The standard InChI is InChI=1S/C13H24N4O3/c1-3-14-13(19)17-6-4-16(5-7-17)12(18)11-8-10(20-2)9-15-11/h10-11,15H,3-9H2,1-2H3,(H,14,19). The van der Waals surface area contributed by atoms with Crippen LogP contribution in [0.2, 0.25) is 0 Å². The highest BCUT2D eigenvalue weighted by Crippen LogP contribution is 2.13. The molecule has 0 bridgehead atoms. The Morgan fingerprint density at radius 2 is 1.90 bits per heavy atom. The lowest BCUT2D eigenvalue weighted by Crippen LogP contribution is -2.55. The van der Waals surface area contributed by atoms with E-state index in [1.165, 1.54) is 0 Å². The smallest absolute Gasteiger partial charge is 0.317 e. The van der Waals surface area contributed by atoms with Gasteiger partial charge in [0, 0.05) is 46.4 Å². The predicted molar refractivity (Wildman–Crippen MR) is 74.4 cm³/mol. The maximum absolute atomic E-state index is 12.4. The van der Waals surface area contributed by atoms with Crippen molar-refractivity contribution < 1.29 is 14.3 Å². The molecular weight excluding hydrogens is 260 g/mol. The van der Waals surface area contributed by atoms with Crippen LogP contribution in [-0.4, -0.2) is 80.3 Å². The number of carbonyl (C=O) groups excluding carboxylic acids is 2. The van der Waals surface area contributed by atoms with E-state index < -0.39 is 0 Å². The van der Waals surface area contributed by atoms with E-state index in [0.717, 1.165) is 13.0 Å². The molecule has 0 aromatic heterocycles. The Morgan fingerprint density at radius 1 is 1.25 bits per heavy atom. The van der Waals surface area contributed by atoms with E-state index in [0.29, 0.717) is 32.7 Å². The van der Waals surface area contributed by atoms with E-state index in [2.05, 4.69) is 10.6 Å². The summed E-state index contributed by atoms with van der Waals surface area (Å²) < 4.78 is 5.26. The van der Waals surface area contributed by atoms with Crippen molar-refractivity contribution in [2.45, 2.75) is 25.5 Å². The van der Waals surface area contributed by atoms with Crippen molar-refractivity contribution in [1.29, 1.82) is 0 Å². The highest BCUT2D eigenvalue weighted by molar-refractivity contribution is 5.83. The first kappa shape index (κ1) is 15.1. The number of amides is 3. The first-order valence-electron chi connectivity index (χ1n) is 7.23. The summed E-state index contributed by atoms with van der Waals surface area (Å²) in [5, 5.41) is 5.98. The summed E-state index contributed by atoms with van der Waals surface area (Å²) in [4.78, 5) is 27.6. The summed E-state index contributed by atoms with van der Waals surface area (Å²) in [5.74, 6) is 0.125. The SMILES string of the molecule is CCNC(=O)N1CCN(C(=O)C2CC(OC)CN2)CC1. The number of piperazine rings is 1. The van der Waals surface area contributed by atoms with Gasteiger partial charge in [-0.25, -0.2) is 4.79 Å². The molecule has 7 heteroatoms. The van der Waals surface area contributed by atoms with Crippen molar-refractivity contribution in [3.05, 3.63) is 0 Å². The summed E-state index contributed by atoms with van der Waals surface area (Å²) in [5.41, 5.74) is 0. The molecule has 0 aromatic carbocycles. The lowest BCUT2D eigenvalue weighted by Gasteiger charge is -2.35. The molecule has 0 aliphatic carbocycles. The quantitative estimate of drug-likeness (QED) is 0.714. The number of hydrogen-bond donors (Lipinski definition) is 2. The zero-order valence-electron chi connectivity index (χ0n) is 12.2. The maximum atomic E-state index is 12.4. The van der Waals surface area contributed by atoms with Crippen LogP contribution in [0.4, 0.5) is 4.79 Å². The van der Waals surface area contributed by atoms with Gasteiger partial charge >= 0.3 is 6.03 Å². The van der Waals surface area contributed by atoms with Crippen molar-refractivity contribution in [3.63, 3.8) is 0 Å². The van der Waals surface area contributed by atoms with Gasteiger partial charge in [-0.15, -0.1) is 0 Å². The lowest BCUT2D eigenvalue weighted by atomic mass is 10.1. The highest BCUT2D eigenvalue weighted by atomic mass is 16.5. The number of rotatable bonds is 3. The predicted octanol–water partition coefficient (Wildman–Crippen LogP) is -0.763. The molecule has 20 heavy (non-hydrogen) atoms. The van der Waals surface area contributed by atoms with Crippen LogP contribution in [0, 0.1) is 0 Å². The molecule has 2 aliphatic rings. The number of hydrogen-bond acceptors (Lipinski definition) is 4. The van der Waals surface area contributed by atoms with Crippen LogP contribution in [0.25, 0.3) is 0 Å². The van der Waals surface area contributed by atoms with Gasteiger partial charge in [0.1, 0.15) is 0 Å². The Balaban J connectivity index is 1.79. The minimum absolute atomic E-state index is 0.0435. The van der Waals surface area contributed by atoms with Crippen LogP contribution in [0.1, 0.15) is 13.3 Å². The molecule has 0 spiro atoms. The lowest BCUT2D eigenvalue weighted by molar-refractivity contribution is -0.134. The van der Waals surface area contributed by atoms with Crippen LogP contribution in [0.15, 0.2) is 0 Å². The average Bonchev–Trinajstić information content (AvgIpc) is 2.96. The molecule has 0 aromatic rings. The van der Waals surface area contributed by atoms with Gasteiger partial charge < -0.3 is 25.2 Å². The van der Waals surface area contributed by atoms with Crippen molar-refractivity contribution in [3.8, 4) is 0 Å². The number of nitrogens with one attached hydrogen (secondary N) is 2. The second kappa shape index (κ2) is 6.90.